The lowest BCUT2D eigenvalue weighted by Crippen LogP contribution is -2.37. The number of hydrogen-bond donors (Lipinski definition) is 1. The van der Waals surface area contributed by atoms with E-state index in [9.17, 15) is 13.2 Å². The van der Waals surface area contributed by atoms with Crippen molar-refractivity contribution in [1.82, 2.24) is 0 Å². The molecule has 1 amide bonds. The van der Waals surface area contributed by atoms with Crippen LogP contribution in [0.25, 0.3) is 10.8 Å². The molecule has 8 heteroatoms. The number of carbonyl (C=O) groups is 1. The van der Waals surface area contributed by atoms with Crippen molar-refractivity contribution in [2.45, 2.75) is 12.8 Å². The number of hydrogen-bond acceptors (Lipinski definition) is 3. The van der Waals surface area contributed by atoms with Crippen molar-refractivity contribution in [3.63, 3.8) is 0 Å². The Bertz CT molecular complexity index is 1230. The number of nitrogens with one attached hydrogen (secondary N) is 1. The van der Waals surface area contributed by atoms with Gasteiger partial charge < -0.3 is 5.32 Å². The molecule has 0 saturated carbocycles. The molecule has 1 aliphatic rings. The fourth-order valence-electron chi connectivity index (χ4n) is 3.73. The number of anilines is 2. The van der Waals surface area contributed by atoms with Gasteiger partial charge in [0, 0.05) is 16.1 Å². The zero-order chi connectivity index (χ0) is 20.8. The Balaban J connectivity index is 1.65. The van der Waals surface area contributed by atoms with Gasteiger partial charge in [-0.3, -0.25) is 9.10 Å². The minimum atomic E-state index is -3.76. The third-order valence-electron chi connectivity index (χ3n) is 5.02. The Morgan fingerprint density at radius 3 is 2.52 bits per heavy atom. The van der Waals surface area contributed by atoms with E-state index in [-0.39, 0.29) is 10.7 Å². The molecule has 3 aromatic rings. The number of carbonyl (C=O) groups excluding carboxylic acids is 1. The molecule has 5 nitrogen and oxygen atoms in total. The Morgan fingerprint density at radius 1 is 1.07 bits per heavy atom. The van der Waals surface area contributed by atoms with Gasteiger partial charge in [-0.05, 0) is 53.6 Å². The smallest absolute Gasteiger partial charge is 0.245 e. The molecule has 29 heavy (non-hydrogen) atoms. The predicted molar refractivity (Wildman–Crippen MR) is 119 cm³/mol. The number of rotatable bonds is 5. The molecule has 0 radical (unpaired) electrons. The average molecular weight is 449 g/mol. The predicted octanol–water partition coefficient (Wildman–Crippen LogP) is 4.65. The number of amides is 1. The first kappa shape index (κ1) is 20.0. The molecule has 1 aliphatic carbocycles. The van der Waals surface area contributed by atoms with Gasteiger partial charge in [0.1, 0.15) is 6.54 Å². The van der Waals surface area contributed by atoms with E-state index >= 15 is 0 Å². The van der Waals surface area contributed by atoms with Gasteiger partial charge in [-0.1, -0.05) is 47.5 Å². The lowest BCUT2D eigenvalue weighted by Gasteiger charge is -2.23. The van der Waals surface area contributed by atoms with Crippen molar-refractivity contribution in [3.05, 3.63) is 69.7 Å². The summed E-state index contributed by atoms with van der Waals surface area (Å²) in [5, 5.41) is 5.50. The fourth-order valence-corrected chi connectivity index (χ4v) is 5.03. The minimum absolute atomic E-state index is 0.164. The van der Waals surface area contributed by atoms with Gasteiger partial charge in [0.15, 0.2) is 0 Å². The maximum atomic E-state index is 12.8. The molecule has 3 aromatic carbocycles. The Kier molecular flexibility index (Phi) is 5.19. The van der Waals surface area contributed by atoms with E-state index < -0.39 is 22.5 Å². The van der Waals surface area contributed by atoms with Crippen molar-refractivity contribution in [2.24, 2.45) is 0 Å². The van der Waals surface area contributed by atoms with E-state index in [1.165, 1.54) is 28.6 Å². The van der Waals surface area contributed by atoms with E-state index in [4.69, 9.17) is 23.2 Å². The summed E-state index contributed by atoms with van der Waals surface area (Å²) in [7, 11) is -3.76. The molecule has 150 valence electrons. The molecule has 0 spiro atoms. The number of halogens is 2. The van der Waals surface area contributed by atoms with E-state index in [2.05, 4.69) is 11.4 Å². The Labute approximate surface area is 179 Å². The molecule has 1 N–H and O–H groups in total. The van der Waals surface area contributed by atoms with Gasteiger partial charge >= 0.3 is 0 Å². The maximum Gasteiger partial charge on any atom is 0.245 e. The number of benzene rings is 3. The van der Waals surface area contributed by atoms with Crippen molar-refractivity contribution in [1.29, 1.82) is 0 Å². The van der Waals surface area contributed by atoms with Gasteiger partial charge in [0.05, 0.1) is 17.0 Å². The largest absolute Gasteiger partial charge is 0.324 e. The van der Waals surface area contributed by atoms with Crippen molar-refractivity contribution in [2.75, 3.05) is 22.4 Å². The monoisotopic (exact) mass is 448 g/mol. The quantitative estimate of drug-likeness (QED) is 0.617. The minimum Gasteiger partial charge on any atom is -0.324 e. The second-order valence-corrected chi connectivity index (χ2v) is 9.78. The number of nitrogens with zero attached hydrogens (tertiary/aromatic N) is 1. The third kappa shape index (κ3) is 3.92. The molecule has 0 aliphatic heterocycles. The first-order valence-corrected chi connectivity index (χ1v) is 11.6. The van der Waals surface area contributed by atoms with Crippen LogP contribution in [0.2, 0.25) is 10.0 Å². The van der Waals surface area contributed by atoms with Crippen molar-refractivity contribution < 1.29 is 13.2 Å². The van der Waals surface area contributed by atoms with Crippen LogP contribution in [-0.2, 0) is 27.7 Å². The maximum absolute atomic E-state index is 12.8. The Hall–Kier alpha value is -2.28. The average Bonchev–Trinajstić information content (AvgIpc) is 3.08. The summed E-state index contributed by atoms with van der Waals surface area (Å²) in [6, 6.07) is 14.4. The van der Waals surface area contributed by atoms with E-state index in [0.717, 1.165) is 28.8 Å². The lowest BCUT2D eigenvalue weighted by molar-refractivity contribution is -0.114. The summed E-state index contributed by atoms with van der Waals surface area (Å²) >= 11 is 12.2. The molecule has 0 bridgehead atoms. The van der Waals surface area contributed by atoms with Gasteiger partial charge in [0.25, 0.3) is 0 Å². The molecule has 0 fully saturated rings. The zero-order valence-electron chi connectivity index (χ0n) is 15.6. The summed E-state index contributed by atoms with van der Waals surface area (Å²) in [4.78, 5) is 12.8. The molecule has 0 atom stereocenters. The van der Waals surface area contributed by atoms with Gasteiger partial charge in [-0.15, -0.1) is 0 Å². The van der Waals surface area contributed by atoms with Crippen LogP contribution in [0, 0.1) is 0 Å². The van der Waals surface area contributed by atoms with Gasteiger partial charge in [-0.2, -0.15) is 0 Å². The van der Waals surface area contributed by atoms with Crippen molar-refractivity contribution >= 4 is 61.3 Å². The van der Waals surface area contributed by atoms with Crippen LogP contribution < -0.4 is 9.62 Å². The number of aryl methyl sites for hydroxylation is 2. The molecule has 0 unspecified atom stereocenters. The van der Waals surface area contributed by atoms with Crippen LogP contribution in [0.15, 0.2) is 48.5 Å². The second kappa shape index (κ2) is 7.52. The third-order valence-corrected chi connectivity index (χ3v) is 6.70. The summed E-state index contributed by atoms with van der Waals surface area (Å²) in [5.74, 6) is -0.467. The molecule has 0 heterocycles. The Morgan fingerprint density at radius 2 is 1.79 bits per heavy atom. The number of sulfonamides is 1. The topological polar surface area (TPSA) is 66.5 Å². The van der Waals surface area contributed by atoms with Gasteiger partial charge in [0.2, 0.25) is 15.9 Å². The highest BCUT2D eigenvalue weighted by Gasteiger charge is 2.24. The summed E-state index contributed by atoms with van der Waals surface area (Å²) in [6.45, 7) is -0.415. The van der Waals surface area contributed by atoms with Crippen LogP contribution in [-0.4, -0.2) is 27.1 Å². The van der Waals surface area contributed by atoms with Crippen LogP contribution >= 0.6 is 23.2 Å². The van der Waals surface area contributed by atoms with Crippen LogP contribution in [0.3, 0.4) is 0 Å². The molecular weight excluding hydrogens is 431 g/mol. The zero-order valence-corrected chi connectivity index (χ0v) is 17.9. The molecule has 0 saturated heterocycles. The first-order valence-electron chi connectivity index (χ1n) is 9.00. The second-order valence-electron chi connectivity index (χ2n) is 7.03. The highest BCUT2D eigenvalue weighted by molar-refractivity contribution is 7.92. The van der Waals surface area contributed by atoms with Crippen LogP contribution in [0.1, 0.15) is 11.1 Å². The molecular formula is C21H18Cl2N2O3S. The van der Waals surface area contributed by atoms with E-state index in [0.29, 0.717) is 10.7 Å². The SMILES string of the molecule is CS(=O)(=O)N(CC(=O)Nc1ccc2c3c(cccc13)CC2)c1cc(Cl)ccc1Cl. The summed E-state index contributed by atoms with van der Waals surface area (Å²) in [5.41, 5.74) is 3.34. The highest BCUT2D eigenvalue weighted by atomic mass is 35.5. The summed E-state index contributed by atoms with van der Waals surface area (Å²) < 4.78 is 25.6. The standard InChI is InChI=1S/C21H18Cl2N2O3S/c1-29(27,28)25(19-11-15(22)8-9-17(19)23)12-20(26)24-18-10-7-14-6-5-13-3-2-4-16(18)21(13)14/h2-4,7-11H,5-6,12H2,1H3,(H,24,26). The fraction of sp³-hybridized carbons (Fsp3) is 0.190. The normalized spacial score (nSPS) is 12.9. The van der Waals surface area contributed by atoms with Crippen molar-refractivity contribution in [3.8, 4) is 0 Å². The van der Waals surface area contributed by atoms with Gasteiger partial charge in [-0.25, -0.2) is 8.42 Å². The molecule has 0 aromatic heterocycles. The highest BCUT2D eigenvalue weighted by Crippen LogP contribution is 2.35. The lowest BCUT2D eigenvalue weighted by atomic mass is 10.0. The van der Waals surface area contributed by atoms with Crippen LogP contribution in [0.5, 0.6) is 0 Å². The first-order chi connectivity index (χ1) is 13.7. The molecule has 4 rings (SSSR count). The van der Waals surface area contributed by atoms with E-state index in [1.54, 1.807) is 6.07 Å². The van der Waals surface area contributed by atoms with E-state index in [1.807, 2.05) is 24.3 Å². The summed E-state index contributed by atoms with van der Waals surface area (Å²) in [6.07, 6.45) is 2.99. The van der Waals surface area contributed by atoms with Crippen LogP contribution in [0.4, 0.5) is 11.4 Å².